The molecule has 117 heavy (non-hydrogen) atoms. The molecular weight excluding hydrogens is 1560 g/mol. The van der Waals surface area contributed by atoms with Crippen molar-refractivity contribution in [2.75, 3.05) is 57.9 Å². The Hall–Kier alpha value is -13.2. The van der Waals surface area contributed by atoms with E-state index >= 15 is 0 Å². The third-order valence-corrected chi connectivity index (χ3v) is 20.3. The molecule has 0 bridgehead atoms. The molecule has 23 nitrogen and oxygen atoms in total. The molecule has 4 atom stereocenters. The van der Waals surface area contributed by atoms with E-state index in [2.05, 4.69) is 15.9 Å². The Balaban J connectivity index is 0.000000144. The number of hydrogen-bond donors (Lipinski definition) is 2. The van der Waals surface area contributed by atoms with Crippen LogP contribution in [0.3, 0.4) is 0 Å². The number of aliphatic hydroxyl groups excluding tert-OH is 1. The average molecular weight is 1650 g/mol. The molecule has 2 aliphatic rings. The maximum absolute atomic E-state index is 12.8. The molecular formula is C93H86BrN3O20. The molecule has 0 radical (unpaired) electrons. The standard InChI is InChI=1S/C26H23NO5.C24H23NO6.C23H23NO4.C20H17BrO5/c1-27(20-9-7-18(8-10-20)13-14-28)25(29)17-31-21-11-12-22-23(19-5-3-2-4-6-19)16-26(30)32-24(22)15-21;1-15(23(27)25-11-5-8-17(14-25)24(28)29)30-18-9-10-19-20(16-6-3-2-4-7-16)13-22(26)31-21(19)12-18;1-16(23(26)24-12-6-3-7-13-24)27-18-10-11-19-20(17-8-4-2-5-9-17)15-22(25)28-21(19)14-18;1-3-24-20(23)12(2)25-15-8-9-16-17(11-19(22)26-18(16)10-15)13-4-6-14(21)7-5-13/h2-12,15-16,28H,13-14,17H2,1H3;2-4,6-7,9-10,12-13,15,17H,5,8,11,14H2,1H3,(H,28,29);2,4-5,8-11,14-16H,3,6-7,12-13H2,1H3;4-12H,3H2,1-2H3/t;15?,17-;;/m.1../s1. The van der Waals surface area contributed by atoms with Crippen LogP contribution in [-0.4, -0.2) is 121 Å². The van der Waals surface area contributed by atoms with Crippen molar-refractivity contribution in [3.8, 4) is 67.5 Å². The van der Waals surface area contributed by atoms with Gasteiger partial charge in [-0.2, -0.15) is 0 Å². The van der Waals surface area contributed by atoms with Gasteiger partial charge in [0.05, 0.1) is 12.5 Å². The van der Waals surface area contributed by atoms with Crippen LogP contribution in [0.2, 0.25) is 0 Å². The smallest absolute Gasteiger partial charge is 0.347 e. The Bertz CT molecular complexity index is 5930. The second-order valence-corrected chi connectivity index (χ2v) is 28.8. The van der Waals surface area contributed by atoms with Gasteiger partial charge in [0.15, 0.2) is 24.9 Å². The minimum absolute atomic E-state index is 0.000661. The van der Waals surface area contributed by atoms with Crippen LogP contribution in [0.5, 0.6) is 23.0 Å². The molecule has 15 rings (SSSR count). The molecule has 0 saturated carbocycles. The third-order valence-electron chi connectivity index (χ3n) is 19.7. The fourth-order valence-electron chi connectivity index (χ4n) is 13.7. The normalized spacial score (nSPS) is 13.9. The first-order valence-electron chi connectivity index (χ1n) is 38.4. The fourth-order valence-corrected chi connectivity index (χ4v) is 14.0. The highest BCUT2D eigenvalue weighted by Gasteiger charge is 2.32. The van der Waals surface area contributed by atoms with Crippen LogP contribution in [0, 0.1) is 5.92 Å². The van der Waals surface area contributed by atoms with Crippen molar-refractivity contribution in [2.24, 2.45) is 5.92 Å². The highest BCUT2D eigenvalue weighted by atomic mass is 79.9. The van der Waals surface area contributed by atoms with E-state index in [9.17, 15) is 48.3 Å². The van der Waals surface area contributed by atoms with E-state index in [1.807, 2.05) is 169 Å². The predicted molar refractivity (Wildman–Crippen MR) is 450 cm³/mol. The van der Waals surface area contributed by atoms with Crippen molar-refractivity contribution < 1.29 is 75.5 Å². The highest BCUT2D eigenvalue weighted by molar-refractivity contribution is 9.10. The maximum atomic E-state index is 12.8. The molecule has 24 heteroatoms. The molecule has 6 heterocycles. The number of carbonyl (C=O) groups excluding carboxylic acids is 4. The Labute approximate surface area is 680 Å². The number of amides is 3. The Kier molecular flexibility index (Phi) is 27.9. The topological polar surface area (TPSA) is 303 Å². The zero-order valence-corrected chi connectivity index (χ0v) is 66.6. The first-order chi connectivity index (χ1) is 56.6. The molecule has 13 aromatic rings. The second kappa shape index (κ2) is 39.2. The molecule has 9 aromatic carbocycles. The predicted octanol–water partition coefficient (Wildman–Crippen LogP) is 16.4. The van der Waals surface area contributed by atoms with E-state index in [0.29, 0.717) is 71.1 Å². The number of esters is 1. The first-order valence-corrected chi connectivity index (χ1v) is 39.2. The Morgan fingerprint density at radius 1 is 0.470 bits per heavy atom. The zero-order valence-electron chi connectivity index (χ0n) is 65.0. The summed E-state index contributed by atoms with van der Waals surface area (Å²) in [6.45, 7) is 9.23. The minimum Gasteiger partial charge on any atom is -0.484 e. The molecule has 0 spiro atoms. The number of anilines is 1. The summed E-state index contributed by atoms with van der Waals surface area (Å²) in [5.41, 5.74) is 8.34. The lowest BCUT2D eigenvalue weighted by Crippen LogP contribution is -2.47. The van der Waals surface area contributed by atoms with Crippen LogP contribution in [0.25, 0.3) is 88.4 Å². The number of hydrogen-bond acceptors (Lipinski definition) is 19. The Morgan fingerprint density at radius 2 is 0.855 bits per heavy atom. The number of likely N-dealkylation sites (tertiary alicyclic amines) is 2. The van der Waals surface area contributed by atoms with Gasteiger partial charge in [0, 0.05) is 120 Å². The number of carbonyl (C=O) groups is 5. The summed E-state index contributed by atoms with van der Waals surface area (Å²) < 4.78 is 50.3. The number of ether oxygens (including phenoxy) is 5. The summed E-state index contributed by atoms with van der Waals surface area (Å²) in [5.74, 6) is -0.588. The number of rotatable bonds is 21. The number of piperidine rings is 2. The number of carboxylic acids is 1. The van der Waals surface area contributed by atoms with E-state index in [1.54, 1.807) is 88.2 Å². The summed E-state index contributed by atoms with van der Waals surface area (Å²) in [7, 11) is 1.68. The zero-order chi connectivity index (χ0) is 82.7. The summed E-state index contributed by atoms with van der Waals surface area (Å²) in [6, 6.07) is 70.7. The quantitative estimate of drug-likeness (QED) is 0.0499. The number of aliphatic carboxylic acids is 1. The van der Waals surface area contributed by atoms with Crippen LogP contribution in [-0.2, 0) is 35.1 Å². The van der Waals surface area contributed by atoms with Gasteiger partial charge in [-0.3, -0.25) is 19.2 Å². The second-order valence-electron chi connectivity index (χ2n) is 27.9. The van der Waals surface area contributed by atoms with Crippen LogP contribution in [0.15, 0.2) is 278 Å². The van der Waals surface area contributed by atoms with Crippen molar-refractivity contribution in [1.29, 1.82) is 0 Å². The largest absolute Gasteiger partial charge is 0.484 e. The van der Waals surface area contributed by atoms with Gasteiger partial charge < -0.3 is 66.3 Å². The summed E-state index contributed by atoms with van der Waals surface area (Å²) in [4.78, 5) is 114. The number of carboxylic acid groups (broad SMARTS) is 1. The lowest BCUT2D eigenvalue weighted by Gasteiger charge is -2.32. The van der Waals surface area contributed by atoms with E-state index in [-0.39, 0.29) is 44.1 Å². The van der Waals surface area contributed by atoms with E-state index < -0.39 is 58.7 Å². The van der Waals surface area contributed by atoms with Gasteiger partial charge in [0.2, 0.25) is 0 Å². The van der Waals surface area contributed by atoms with Crippen LogP contribution >= 0.6 is 15.9 Å². The molecule has 2 saturated heterocycles. The number of likely N-dealkylation sites (N-methyl/N-ethyl adjacent to an activating group) is 1. The summed E-state index contributed by atoms with van der Waals surface area (Å²) in [6.07, 6.45) is 2.92. The fraction of sp³-hybridized carbons (Fsp3) is 0.237. The monoisotopic (exact) mass is 1640 g/mol. The van der Waals surface area contributed by atoms with Crippen LogP contribution in [0.4, 0.5) is 5.69 Å². The van der Waals surface area contributed by atoms with Gasteiger partial charge in [-0.25, -0.2) is 24.0 Å². The highest BCUT2D eigenvalue weighted by Crippen LogP contribution is 2.36. The van der Waals surface area contributed by atoms with E-state index in [4.69, 9.17) is 46.5 Å². The molecule has 3 unspecified atom stereocenters. The number of halogens is 1. The van der Waals surface area contributed by atoms with Gasteiger partial charge in [0.1, 0.15) is 45.3 Å². The lowest BCUT2D eigenvalue weighted by atomic mass is 9.98. The van der Waals surface area contributed by atoms with Crippen LogP contribution in [0.1, 0.15) is 65.4 Å². The van der Waals surface area contributed by atoms with Gasteiger partial charge in [0.25, 0.3) is 17.7 Å². The van der Waals surface area contributed by atoms with Gasteiger partial charge in [-0.15, -0.1) is 0 Å². The number of aliphatic hydroxyl groups is 1. The molecule has 2 aliphatic heterocycles. The lowest BCUT2D eigenvalue weighted by molar-refractivity contribution is -0.150. The van der Waals surface area contributed by atoms with Gasteiger partial charge >= 0.3 is 34.4 Å². The third kappa shape index (κ3) is 21.6. The maximum Gasteiger partial charge on any atom is 0.347 e. The molecule has 2 fully saturated rings. The number of nitrogens with zero attached hydrogens (tertiary/aromatic N) is 3. The van der Waals surface area contributed by atoms with Gasteiger partial charge in [-0.1, -0.05) is 131 Å². The van der Waals surface area contributed by atoms with Crippen molar-refractivity contribution in [1.82, 2.24) is 9.80 Å². The molecule has 4 aromatic heterocycles. The number of benzene rings is 9. The van der Waals surface area contributed by atoms with E-state index in [0.717, 1.165) is 108 Å². The Morgan fingerprint density at radius 3 is 1.26 bits per heavy atom. The van der Waals surface area contributed by atoms with Crippen molar-refractivity contribution in [2.45, 2.75) is 84.5 Å². The van der Waals surface area contributed by atoms with Crippen LogP contribution < -0.4 is 46.3 Å². The van der Waals surface area contributed by atoms with Crippen molar-refractivity contribution >= 4 is 95.2 Å². The van der Waals surface area contributed by atoms with E-state index in [1.165, 1.54) is 35.6 Å². The molecule has 600 valence electrons. The van der Waals surface area contributed by atoms with Crippen molar-refractivity contribution in [3.63, 3.8) is 0 Å². The number of fused-ring (bicyclic) bond motifs is 4. The molecule has 2 N–H and O–H groups in total. The average Bonchev–Trinajstić information content (AvgIpc) is 0.607. The summed E-state index contributed by atoms with van der Waals surface area (Å²) in [5, 5.41) is 21.4. The van der Waals surface area contributed by atoms with Crippen molar-refractivity contribution in [3.05, 3.63) is 288 Å². The molecule has 0 aliphatic carbocycles. The SMILES string of the molecule is CC(Oc1ccc2c(-c3ccccc3)cc(=O)oc2c1)C(=O)N1CCCCC1.CC(Oc1ccc2c(-c3ccccc3)cc(=O)oc2c1)C(=O)N1CCC[C@@H](C(=O)O)C1.CCOC(=O)C(C)Oc1ccc2c(-c3ccc(Br)cc3)cc(=O)oc2c1.CN(C(=O)COc1ccc2c(-c3ccccc3)cc(=O)oc2c1)c1ccc(CCO)cc1. The summed E-state index contributed by atoms with van der Waals surface area (Å²) >= 11 is 3.40. The minimum atomic E-state index is -0.884. The first kappa shape index (κ1) is 83.2. The van der Waals surface area contributed by atoms with Gasteiger partial charge in [-0.05, 0) is 189 Å². The molecule has 3 amide bonds.